The van der Waals surface area contributed by atoms with Crippen molar-refractivity contribution in [2.45, 2.75) is 39.0 Å². The van der Waals surface area contributed by atoms with E-state index in [1.807, 2.05) is 6.20 Å². The first-order chi connectivity index (χ1) is 15.7. The number of H-pyrrole nitrogens is 1. The summed E-state index contributed by atoms with van der Waals surface area (Å²) in [4.78, 5) is 25.4. The lowest BCUT2D eigenvalue weighted by molar-refractivity contribution is 0.0339. The van der Waals surface area contributed by atoms with Gasteiger partial charge >= 0.3 is 0 Å². The maximum Gasteiger partial charge on any atom is 0.162 e. The fourth-order valence-electron chi connectivity index (χ4n) is 5.94. The molecule has 3 aliphatic rings. The number of pyridine rings is 1. The van der Waals surface area contributed by atoms with Crippen molar-refractivity contribution in [2.24, 2.45) is 23.7 Å². The Labute approximate surface area is 185 Å². The molecule has 32 heavy (non-hydrogen) atoms. The van der Waals surface area contributed by atoms with Crippen molar-refractivity contribution in [2.75, 3.05) is 0 Å². The van der Waals surface area contributed by atoms with E-state index < -0.39 is 0 Å². The summed E-state index contributed by atoms with van der Waals surface area (Å²) in [5, 5.41) is 0.683. The highest BCUT2D eigenvalue weighted by atomic mass is 19.1. The number of hydrogen-bond acceptors (Lipinski definition) is 5. The Morgan fingerprint density at radius 3 is 2.56 bits per heavy atom. The third kappa shape index (κ3) is 3.36. The fourth-order valence-corrected chi connectivity index (χ4v) is 5.94. The second-order valence-corrected chi connectivity index (χ2v) is 9.35. The molecule has 7 rings (SSSR count). The molecule has 0 amide bonds. The quantitative estimate of drug-likeness (QED) is 0.481. The molecule has 0 saturated heterocycles. The van der Waals surface area contributed by atoms with Crippen LogP contribution in [0.3, 0.4) is 0 Å². The van der Waals surface area contributed by atoms with Gasteiger partial charge in [-0.3, -0.25) is 0 Å². The maximum atomic E-state index is 13.9. The van der Waals surface area contributed by atoms with Crippen LogP contribution in [0.25, 0.3) is 33.7 Å². The molecular formula is C25H25FN6. The van der Waals surface area contributed by atoms with Crippen molar-refractivity contribution < 1.29 is 4.39 Å². The molecule has 3 fully saturated rings. The Morgan fingerprint density at radius 1 is 1.00 bits per heavy atom. The van der Waals surface area contributed by atoms with Crippen LogP contribution in [-0.4, -0.2) is 29.9 Å². The first kappa shape index (κ1) is 19.5. The van der Waals surface area contributed by atoms with Crippen molar-refractivity contribution in [3.63, 3.8) is 0 Å². The van der Waals surface area contributed by atoms with E-state index in [9.17, 15) is 4.39 Å². The number of rotatable bonds is 4. The minimum absolute atomic E-state index is 0.377. The summed E-state index contributed by atoms with van der Waals surface area (Å²) in [6.45, 7) is 2.42. The number of halogens is 1. The summed E-state index contributed by atoms with van der Waals surface area (Å²) in [6.07, 6.45) is 14.4. The molecular weight excluding hydrogens is 403 g/mol. The summed E-state index contributed by atoms with van der Waals surface area (Å²) < 4.78 is 13.9. The van der Waals surface area contributed by atoms with E-state index in [0.29, 0.717) is 22.8 Å². The lowest BCUT2D eigenvalue weighted by atomic mass is 9.58. The molecule has 4 heterocycles. The van der Waals surface area contributed by atoms with Gasteiger partial charge in [0.15, 0.2) is 5.82 Å². The third-order valence-corrected chi connectivity index (χ3v) is 7.66. The van der Waals surface area contributed by atoms with Crippen LogP contribution in [0.2, 0.25) is 0 Å². The summed E-state index contributed by atoms with van der Waals surface area (Å²) in [5.74, 6) is 3.19. The van der Waals surface area contributed by atoms with Crippen LogP contribution >= 0.6 is 0 Å². The van der Waals surface area contributed by atoms with Gasteiger partial charge in [-0.05, 0) is 67.9 Å². The summed E-state index contributed by atoms with van der Waals surface area (Å²) in [6, 6.07) is 3.56. The summed E-state index contributed by atoms with van der Waals surface area (Å²) >= 11 is 0. The van der Waals surface area contributed by atoms with Crippen molar-refractivity contribution in [1.82, 2.24) is 29.9 Å². The number of aromatic nitrogens is 6. The average Bonchev–Trinajstić information content (AvgIpc) is 3.25. The van der Waals surface area contributed by atoms with Gasteiger partial charge < -0.3 is 4.98 Å². The van der Waals surface area contributed by atoms with Crippen LogP contribution in [-0.2, 0) is 6.42 Å². The van der Waals surface area contributed by atoms with Gasteiger partial charge in [-0.25, -0.2) is 29.3 Å². The Morgan fingerprint density at radius 2 is 1.78 bits per heavy atom. The summed E-state index contributed by atoms with van der Waals surface area (Å²) in [7, 11) is 0. The zero-order valence-electron chi connectivity index (χ0n) is 18.0. The Balaban J connectivity index is 1.45. The minimum atomic E-state index is -0.377. The minimum Gasteiger partial charge on any atom is -0.345 e. The highest BCUT2D eigenvalue weighted by Gasteiger charge is 2.41. The van der Waals surface area contributed by atoms with Crippen LogP contribution in [0, 0.1) is 29.5 Å². The fraction of sp³-hybridized carbons (Fsp3) is 0.400. The van der Waals surface area contributed by atoms with Gasteiger partial charge in [-0.2, -0.15) is 0 Å². The molecule has 2 unspecified atom stereocenters. The molecule has 1 N–H and O–H groups in total. The largest absolute Gasteiger partial charge is 0.345 e. The van der Waals surface area contributed by atoms with E-state index in [4.69, 9.17) is 9.97 Å². The van der Waals surface area contributed by atoms with E-state index in [2.05, 4.69) is 32.9 Å². The van der Waals surface area contributed by atoms with Crippen LogP contribution in [0.15, 0.2) is 43.2 Å². The normalized spacial score (nSPS) is 24.8. The lowest BCUT2D eigenvalue weighted by Gasteiger charge is -2.47. The van der Waals surface area contributed by atoms with Gasteiger partial charge in [0.05, 0.1) is 11.9 Å². The smallest absolute Gasteiger partial charge is 0.162 e. The van der Waals surface area contributed by atoms with Crippen LogP contribution in [0.5, 0.6) is 0 Å². The van der Waals surface area contributed by atoms with Gasteiger partial charge in [-0.1, -0.05) is 6.92 Å². The van der Waals surface area contributed by atoms with Gasteiger partial charge in [0.25, 0.3) is 0 Å². The molecule has 162 valence electrons. The second kappa shape index (κ2) is 7.73. The number of hydrogen-bond donors (Lipinski definition) is 1. The summed E-state index contributed by atoms with van der Waals surface area (Å²) in [5.41, 5.74) is 4.04. The maximum absolute atomic E-state index is 13.9. The van der Waals surface area contributed by atoms with Crippen molar-refractivity contribution >= 4 is 11.0 Å². The van der Waals surface area contributed by atoms with Crippen LogP contribution in [0.1, 0.15) is 38.3 Å². The molecule has 2 atom stereocenters. The molecule has 0 aliphatic heterocycles. The molecule has 0 radical (unpaired) electrons. The van der Waals surface area contributed by atoms with E-state index in [1.165, 1.54) is 44.3 Å². The van der Waals surface area contributed by atoms with Crippen molar-refractivity contribution in [3.8, 4) is 22.6 Å². The topological polar surface area (TPSA) is 80.2 Å². The zero-order chi connectivity index (χ0) is 21.7. The number of nitrogens with zero attached hydrogens (tertiary/aromatic N) is 5. The SMILES string of the molecule is CC1C2CCC(CC2)C1Cc1cc(-c2cncnc2)nc(-c2c[nH]c3ncc(F)cc23)n1. The standard InChI is InChI=1S/C25H25FN6/c1-14-15-2-4-16(5-3-15)20(14)7-19-8-23(17-9-27-13-28-10-17)32-25(31-19)22-12-30-24-21(22)6-18(26)11-29-24/h6,8-16,20H,2-5,7H2,1H3,(H,29,30). The van der Waals surface area contributed by atoms with E-state index >= 15 is 0 Å². The number of aromatic amines is 1. The van der Waals surface area contributed by atoms with Crippen molar-refractivity contribution in [3.05, 3.63) is 54.8 Å². The zero-order valence-corrected chi connectivity index (χ0v) is 18.0. The molecule has 4 aromatic heterocycles. The van der Waals surface area contributed by atoms with Crippen molar-refractivity contribution in [1.29, 1.82) is 0 Å². The Kier molecular flexibility index (Phi) is 4.70. The first-order valence-corrected chi connectivity index (χ1v) is 11.4. The second-order valence-electron chi connectivity index (χ2n) is 9.35. The average molecular weight is 429 g/mol. The molecule has 7 heteroatoms. The highest BCUT2D eigenvalue weighted by molar-refractivity contribution is 5.91. The van der Waals surface area contributed by atoms with Gasteiger partial charge in [0.2, 0.25) is 0 Å². The molecule has 4 aromatic rings. The first-order valence-electron chi connectivity index (χ1n) is 11.4. The molecule has 6 nitrogen and oxygen atoms in total. The number of nitrogens with one attached hydrogen (secondary N) is 1. The third-order valence-electron chi connectivity index (χ3n) is 7.66. The molecule has 0 aromatic carbocycles. The van der Waals surface area contributed by atoms with Crippen LogP contribution < -0.4 is 0 Å². The van der Waals surface area contributed by atoms with Gasteiger partial charge in [-0.15, -0.1) is 0 Å². The molecule has 0 spiro atoms. The predicted octanol–water partition coefficient (Wildman–Crippen LogP) is 5.23. The van der Waals surface area contributed by atoms with Crippen LogP contribution in [0.4, 0.5) is 4.39 Å². The van der Waals surface area contributed by atoms with Gasteiger partial charge in [0.1, 0.15) is 17.8 Å². The highest BCUT2D eigenvalue weighted by Crippen LogP contribution is 2.49. The Bertz CT molecular complexity index is 1260. The van der Waals surface area contributed by atoms with Gasteiger partial charge in [0, 0.05) is 40.8 Å². The van der Waals surface area contributed by atoms with E-state index in [1.54, 1.807) is 12.4 Å². The Hall–Kier alpha value is -3.22. The van der Waals surface area contributed by atoms with E-state index in [-0.39, 0.29) is 5.82 Å². The number of fused-ring (bicyclic) bond motifs is 4. The lowest BCUT2D eigenvalue weighted by Crippen LogP contribution is -2.39. The molecule has 2 bridgehead atoms. The van der Waals surface area contributed by atoms with E-state index in [0.717, 1.165) is 46.7 Å². The molecule has 3 saturated carbocycles. The molecule has 3 aliphatic carbocycles. The predicted molar refractivity (Wildman–Crippen MR) is 120 cm³/mol. The monoisotopic (exact) mass is 428 g/mol.